The molecule has 21 heavy (non-hydrogen) atoms. The standard InChI is InChI=1S/C15H30N2O2S2/c1-4-11-21(18,19)17-8-5-13(6-9-17)16-14-12-20-10-7-15(14,2)3/h13-14,16H,4-12H2,1-3H3. The lowest BCUT2D eigenvalue weighted by Crippen LogP contribution is -2.54. The summed E-state index contributed by atoms with van der Waals surface area (Å²) in [5.41, 5.74) is 0.358. The second-order valence-corrected chi connectivity index (χ2v) is 10.3. The molecule has 0 spiro atoms. The van der Waals surface area contributed by atoms with Gasteiger partial charge in [0, 0.05) is 30.9 Å². The monoisotopic (exact) mass is 334 g/mol. The second kappa shape index (κ2) is 7.20. The zero-order valence-corrected chi connectivity index (χ0v) is 15.2. The van der Waals surface area contributed by atoms with E-state index in [0.29, 0.717) is 37.0 Å². The molecule has 0 saturated carbocycles. The van der Waals surface area contributed by atoms with Gasteiger partial charge in [-0.05, 0) is 36.9 Å². The van der Waals surface area contributed by atoms with E-state index in [9.17, 15) is 8.42 Å². The molecular weight excluding hydrogens is 304 g/mol. The van der Waals surface area contributed by atoms with E-state index in [1.54, 1.807) is 4.31 Å². The predicted octanol–water partition coefficient (Wildman–Crippen LogP) is 2.31. The maximum Gasteiger partial charge on any atom is 0.214 e. The molecule has 0 bridgehead atoms. The Bertz CT molecular complexity index is 429. The number of piperidine rings is 1. The van der Waals surface area contributed by atoms with Crippen LogP contribution in [0.25, 0.3) is 0 Å². The van der Waals surface area contributed by atoms with Crippen molar-refractivity contribution in [2.75, 3.05) is 30.3 Å². The van der Waals surface area contributed by atoms with Gasteiger partial charge in [0.1, 0.15) is 0 Å². The summed E-state index contributed by atoms with van der Waals surface area (Å²) in [5.74, 6) is 2.73. The molecule has 0 amide bonds. The van der Waals surface area contributed by atoms with E-state index in [0.717, 1.165) is 12.8 Å². The van der Waals surface area contributed by atoms with Crippen molar-refractivity contribution in [3.63, 3.8) is 0 Å². The van der Waals surface area contributed by atoms with Gasteiger partial charge < -0.3 is 5.32 Å². The molecule has 6 heteroatoms. The molecule has 2 saturated heterocycles. The van der Waals surface area contributed by atoms with E-state index in [2.05, 4.69) is 19.2 Å². The first kappa shape index (κ1) is 17.6. The highest BCUT2D eigenvalue weighted by molar-refractivity contribution is 7.99. The molecular formula is C15H30N2O2S2. The van der Waals surface area contributed by atoms with Crippen LogP contribution in [0.3, 0.4) is 0 Å². The van der Waals surface area contributed by atoms with E-state index in [1.165, 1.54) is 17.9 Å². The molecule has 0 aromatic carbocycles. The van der Waals surface area contributed by atoms with Gasteiger partial charge in [0.2, 0.25) is 10.0 Å². The van der Waals surface area contributed by atoms with Crippen molar-refractivity contribution in [1.82, 2.24) is 9.62 Å². The van der Waals surface area contributed by atoms with Gasteiger partial charge in [0.25, 0.3) is 0 Å². The Morgan fingerprint density at radius 3 is 2.52 bits per heavy atom. The fourth-order valence-corrected chi connectivity index (χ4v) is 6.34. The Morgan fingerprint density at radius 2 is 1.95 bits per heavy atom. The van der Waals surface area contributed by atoms with Gasteiger partial charge in [-0.1, -0.05) is 20.8 Å². The minimum absolute atomic E-state index is 0.289. The summed E-state index contributed by atoms with van der Waals surface area (Å²) in [6.45, 7) is 7.99. The maximum absolute atomic E-state index is 12.1. The van der Waals surface area contributed by atoms with Crippen LogP contribution in [0.15, 0.2) is 0 Å². The third-order valence-electron chi connectivity index (χ3n) is 4.86. The van der Waals surface area contributed by atoms with Crippen LogP contribution in [-0.2, 0) is 10.0 Å². The molecule has 4 nitrogen and oxygen atoms in total. The SMILES string of the molecule is CCCS(=O)(=O)N1CCC(NC2CSCCC2(C)C)CC1. The molecule has 124 valence electrons. The number of sulfonamides is 1. The van der Waals surface area contributed by atoms with Crippen LogP contribution >= 0.6 is 11.8 Å². The third-order valence-corrected chi connectivity index (χ3v) is 8.00. The summed E-state index contributed by atoms with van der Waals surface area (Å²) in [4.78, 5) is 0. The molecule has 1 unspecified atom stereocenters. The van der Waals surface area contributed by atoms with Gasteiger partial charge in [-0.25, -0.2) is 12.7 Å². The van der Waals surface area contributed by atoms with Gasteiger partial charge >= 0.3 is 0 Å². The van der Waals surface area contributed by atoms with E-state index >= 15 is 0 Å². The fourth-order valence-electron chi connectivity index (χ4n) is 3.18. The van der Waals surface area contributed by atoms with Gasteiger partial charge in [-0.3, -0.25) is 0 Å². The lowest BCUT2D eigenvalue weighted by Gasteiger charge is -2.42. The summed E-state index contributed by atoms with van der Waals surface area (Å²) in [6.07, 6.45) is 3.85. The molecule has 1 N–H and O–H groups in total. The van der Waals surface area contributed by atoms with Crippen molar-refractivity contribution in [3.05, 3.63) is 0 Å². The van der Waals surface area contributed by atoms with Crippen molar-refractivity contribution in [1.29, 1.82) is 0 Å². The third kappa shape index (κ3) is 4.60. The fraction of sp³-hybridized carbons (Fsp3) is 1.00. The van der Waals surface area contributed by atoms with Crippen molar-refractivity contribution < 1.29 is 8.42 Å². The summed E-state index contributed by atoms with van der Waals surface area (Å²) in [5, 5.41) is 3.81. The highest BCUT2D eigenvalue weighted by atomic mass is 32.2. The summed E-state index contributed by atoms with van der Waals surface area (Å²) >= 11 is 2.04. The van der Waals surface area contributed by atoms with Crippen molar-refractivity contribution in [2.24, 2.45) is 5.41 Å². The zero-order chi connectivity index (χ0) is 15.5. The summed E-state index contributed by atoms with van der Waals surface area (Å²) in [7, 11) is -3.01. The molecule has 2 aliphatic rings. The highest BCUT2D eigenvalue weighted by Gasteiger charge is 2.35. The Labute approximate surface area is 134 Å². The van der Waals surface area contributed by atoms with Crippen LogP contribution in [0.5, 0.6) is 0 Å². The summed E-state index contributed by atoms with van der Waals surface area (Å²) in [6, 6.07) is 1.03. The van der Waals surface area contributed by atoms with Gasteiger partial charge in [0.05, 0.1) is 5.75 Å². The molecule has 2 fully saturated rings. The minimum Gasteiger partial charge on any atom is -0.310 e. The van der Waals surface area contributed by atoms with Gasteiger partial charge in [0.15, 0.2) is 0 Å². The average Bonchev–Trinajstić information content (AvgIpc) is 2.42. The number of nitrogens with one attached hydrogen (secondary N) is 1. The van der Waals surface area contributed by atoms with E-state index in [1.807, 2.05) is 18.7 Å². The van der Waals surface area contributed by atoms with Gasteiger partial charge in [-0.2, -0.15) is 11.8 Å². The van der Waals surface area contributed by atoms with Crippen LogP contribution in [0.4, 0.5) is 0 Å². The second-order valence-electron chi connectivity index (χ2n) is 7.02. The summed E-state index contributed by atoms with van der Waals surface area (Å²) < 4.78 is 25.9. The largest absolute Gasteiger partial charge is 0.310 e. The van der Waals surface area contributed by atoms with E-state index in [-0.39, 0.29) is 5.75 Å². The van der Waals surface area contributed by atoms with Crippen LogP contribution < -0.4 is 5.32 Å². The lowest BCUT2D eigenvalue weighted by atomic mass is 9.81. The first-order valence-electron chi connectivity index (χ1n) is 8.17. The van der Waals surface area contributed by atoms with E-state index < -0.39 is 10.0 Å². The molecule has 2 aliphatic heterocycles. The van der Waals surface area contributed by atoms with Crippen LogP contribution in [0.2, 0.25) is 0 Å². The quantitative estimate of drug-likeness (QED) is 0.838. The number of thioether (sulfide) groups is 1. The average molecular weight is 335 g/mol. The highest BCUT2D eigenvalue weighted by Crippen LogP contribution is 2.34. The topological polar surface area (TPSA) is 49.4 Å². The maximum atomic E-state index is 12.1. The first-order chi connectivity index (χ1) is 9.85. The number of rotatable bonds is 5. The number of hydrogen-bond acceptors (Lipinski definition) is 4. The number of hydrogen-bond donors (Lipinski definition) is 1. The Hall–Kier alpha value is 0.220. The zero-order valence-electron chi connectivity index (χ0n) is 13.6. The smallest absolute Gasteiger partial charge is 0.214 e. The molecule has 0 radical (unpaired) electrons. The van der Waals surface area contributed by atoms with Gasteiger partial charge in [-0.15, -0.1) is 0 Å². The first-order valence-corrected chi connectivity index (χ1v) is 10.9. The molecule has 0 aromatic heterocycles. The predicted molar refractivity (Wildman–Crippen MR) is 91.3 cm³/mol. The van der Waals surface area contributed by atoms with Crippen molar-refractivity contribution >= 4 is 21.8 Å². The van der Waals surface area contributed by atoms with Crippen LogP contribution in [0, 0.1) is 5.41 Å². The molecule has 1 atom stereocenters. The van der Waals surface area contributed by atoms with Crippen molar-refractivity contribution in [3.8, 4) is 0 Å². The Balaban J connectivity index is 1.84. The lowest BCUT2D eigenvalue weighted by molar-refractivity contribution is 0.198. The minimum atomic E-state index is -3.01. The Kier molecular flexibility index (Phi) is 6.02. The molecule has 2 rings (SSSR count). The number of nitrogens with zero attached hydrogens (tertiary/aromatic N) is 1. The van der Waals surface area contributed by atoms with Crippen LogP contribution in [-0.4, -0.2) is 55.2 Å². The van der Waals surface area contributed by atoms with Crippen molar-refractivity contribution in [2.45, 2.75) is 58.5 Å². The van der Waals surface area contributed by atoms with Crippen LogP contribution in [0.1, 0.15) is 46.5 Å². The Morgan fingerprint density at radius 1 is 1.29 bits per heavy atom. The normalized spacial score (nSPS) is 28.6. The molecule has 0 aromatic rings. The molecule has 2 heterocycles. The van der Waals surface area contributed by atoms with E-state index in [4.69, 9.17) is 0 Å². The molecule has 0 aliphatic carbocycles.